The van der Waals surface area contributed by atoms with Crippen LogP contribution in [0.5, 0.6) is 5.75 Å². The summed E-state index contributed by atoms with van der Waals surface area (Å²) in [4.78, 5) is 6.99. The molecule has 0 fully saturated rings. The highest BCUT2D eigenvalue weighted by Gasteiger charge is 2.01. The minimum Gasteiger partial charge on any atom is -0.497 e. The summed E-state index contributed by atoms with van der Waals surface area (Å²) in [5, 5.41) is 6.82. The number of benzene rings is 1. The van der Waals surface area contributed by atoms with E-state index in [4.69, 9.17) is 19.2 Å². The molecule has 0 bridgehead atoms. The van der Waals surface area contributed by atoms with Crippen LogP contribution in [0.25, 0.3) is 0 Å². The Morgan fingerprint density at radius 2 is 1.71 bits per heavy atom. The summed E-state index contributed by atoms with van der Waals surface area (Å²) in [7, 11) is 5.52. The van der Waals surface area contributed by atoms with Crippen molar-refractivity contribution in [3.63, 3.8) is 0 Å². The molecule has 1 aromatic rings. The molecule has 160 valence electrons. The molecule has 0 atom stereocenters. The van der Waals surface area contributed by atoms with Gasteiger partial charge in [0, 0.05) is 40.0 Å². The molecular formula is C21H38N4O3. The van der Waals surface area contributed by atoms with E-state index in [2.05, 4.69) is 22.6 Å². The van der Waals surface area contributed by atoms with Gasteiger partial charge in [-0.05, 0) is 51.1 Å². The highest BCUT2D eigenvalue weighted by atomic mass is 16.5. The van der Waals surface area contributed by atoms with Crippen LogP contribution in [0.2, 0.25) is 0 Å². The summed E-state index contributed by atoms with van der Waals surface area (Å²) in [5.74, 6) is 1.70. The SMILES string of the molecule is CCOCCCNC(=NCc1ccc(OC)cc1)NCCCN(C)CCOC. The Morgan fingerprint density at radius 1 is 1.00 bits per heavy atom. The maximum absolute atomic E-state index is 5.40. The highest BCUT2D eigenvalue weighted by Crippen LogP contribution is 2.11. The van der Waals surface area contributed by atoms with Crippen molar-refractivity contribution in [2.24, 2.45) is 4.99 Å². The van der Waals surface area contributed by atoms with E-state index in [1.165, 1.54) is 0 Å². The molecule has 0 saturated heterocycles. The number of rotatable bonds is 15. The van der Waals surface area contributed by atoms with Crippen molar-refractivity contribution in [3.8, 4) is 5.75 Å². The van der Waals surface area contributed by atoms with Crippen molar-refractivity contribution in [1.82, 2.24) is 15.5 Å². The van der Waals surface area contributed by atoms with Gasteiger partial charge in [-0.3, -0.25) is 0 Å². The van der Waals surface area contributed by atoms with E-state index < -0.39 is 0 Å². The normalized spacial score (nSPS) is 11.7. The van der Waals surface area contributed by atoms with Crippen molar-refractivity contribution < 1.29 is 14.2 Å². The number of guanidine groups is 1. The zero-order chi connectivity index (χ0) is 20.5. The van der Waals surface area contributed by atoms with Gasteiger partial charge in [-0.2, -0.15) is 0 Å². The predicted octanol–water partition coefficient (Wildman–Crippen LogP) is 2.13. The number of hydrogen-bond donors (Lipinski definition) is 2. The van der Waals surface area contributed by atoms with Crippen LogP contribution in [0.15, 0.2) is 29.3 Å². The molecule has 0 unspecified atom stereocenters. The number of nitrogens with one attached hydrogen (secondary N) is 2. The highest BCUT2D eigenvalue weighted by molar-refractivity contribution is 5.79. The molecule has 0 amide bonds. The lowest BCUT2D eigenvalue weighted by atomic mass is 10.2. The lowest BCUT2D eigenvalue weighted by Gasteiger charge is -2.17. The van der Waals surface area contributed by atoms with E-state index >= 15 is 0 Å². The third-order valence-electron chi connectivity index (χ3n) is 4.23. The van der Waals surface area contributed by atoms with Gasteiger partial charge in [0.1, 0.15) is 5.75 Å². The third-order valence-corrected chi connectivity index (χ3v) is 4.23. The van der Waals surface area contributed by atoms with E-state index in [0.29, 0.717) is 6.54 Å². The van der Waals surface area contributed by atoms with Crippen molar-refractivity contribution in [1.29, 1.82) is 0 Å². The summed E-state index contributed by atoms with van der Waals surface area (Å²) in [5.41, 5.74) is 1.15. The fourth-order valence-corrected chi connectivity index (χ4v) is 2.52. The molecule has 0 radical (unpaired) electrons. The molecule has 28 heavy (non-hydrogen) atoms. The van der Waals surface area contributed by atoms with E-state index in [9.17, 15) is 0 Å². The predicted molar refractivity (Wildman–Crippen MR) is 115 cm³/mol. The molecule has 2 N–H and O–H groups in total. The smallest absolute Gasteiger partial charge is 0.191 e. The Bertz CT molecular complexity index is 523. The summed E-state index contributed by atoms with van der Waals surface area (Å²) in [6, 6.07) is 8.01. The molecule has 0 aliphatic carbocycles. The van der Waals surface area contributed by atoms with E-state index in [1.54, 1.807) is 14.2 Å². The van der Waals surface area contributed by atoms with Gasteiger partial charge in [0.05, 0.1) is 20.3 Å². The molecule has 7 heteroatoms. The lowest BCUT2D eigenvalue weighted by molar-refractivity contribution is 0.145. The average Bonchev–Trinajstić information content (AvgIpc) is 2.73. The van der Waals surface area contributed by atoms with Crippen LogP contribution in [0.4, 0.5) is 0 Å². The molecule has 0 spiro atoms. The number of nitrogens with zero attached hydrogens (tertiary/aromatic N) is 2. The molecule has 1 aromatic carbocycles. The van der Waals surface area contributed by atoms with E-state index in [1.807, 2.05) is 31.2 Å². The Labute approximate surface area is 170 Å². The van der Waals surface area contributed by atoms with Crippen molar-refractivity contribution in [2.75, 3.05) is 67.3 Å². The zero-order valence-electron chi connectivity index (χ0n) is 18.0. The first kappa shape index (κ1) is 24.2. The number of methoxy groups -OCH3 is 2. The molecule has 0 aliphatic heterocycles. The van der Waals surface area contributed by atoms with Crippen LogP contribution < -0.4 is 15.4 Å². The summed E-state index contributed by atoms with van der Waals surface area (Å²) in [6.45, 7) is 8.60. The Balaban J connectivity index is 2.45. The fraction of sp³-hybridized carbons (Fsp3) is 0.667. The van der Waals surface area contributed by atoms with Crippen LogP contribution >= 0.6 is 0 Å². The maximum Gasteiger partial charge on any atom is 0.191 e. The van der Waals surface area contributed by atoms with Gasteiger partial charge in [0.2, 0.25) is 0 Å². The zero-order valence-corrected chi connectivity index (χ0v) is 18.0. The second-order valence-electron chi connectivity index (χ2n) is 6.57. The Kier molecular flexibility index (Phi) is 14.0. The van der Waals surface area contributed by atoms with Gasteiger partial charge >= 0.3 is 0 Å². The lowest BCUT2D eigenvalue weighted by Crippen LogP contribution is -2.39. The van der Waals surface area contributed by atoms with Crippen LogP contribution in [0, 0.1) is 0 Å². The van der Waals surface area contributed by atoms with Gasteiger partial charge in [-0.25, -0.2) is 4.99 Å². The first-order chi connectivity index (χ1) is 13.7. The van der Waals surface area contributed by atoms with E-state index in [-0.39, 0.29) is 0 Å². The van der Waals surface area contributed by atoms with Gasteiger partial charge in [0.25, 0.3) is 0 Å². The number of aliphatic imine (C=N–C) groups is 1. The first-order valence-electron chi connectivity index (χ1n) is 10.1. The number of ether oxygens (including phenoxy) is 3. The standard InChI is InChI=1S/C21H38N4O3/c1-5-28-16-7-13-23-21(22-12-6-14-25(2)15-17-26-3)24-18-19-8-10-20(27-4)11-9-19/h8-11H,5-7,12-18H2,1-4H3,(H2,22,23,24). The Morgan fingerprint density at radius 3 is 2.36 bits per heavy atom. The van der Waals surface area contributed by atoms with Gasteiger partial charge in [-0.15, -0.1) is 0 Å². The van der Waals surface area contributed by atoms with Crippen molar-refractivity contribution in [3.05, 3.63) is 29.8 Å². The molecule has 0 saturated carbocycles. The summed E-state index contributed by atoms with van der Waals surface area (Å²) in [6.07, 6.45) is 2.00. The second kappa shape index (κ2) is 16.2. The summed E-state index contributed by atoms with van der Waals surface area (Å²) >= 11 is 0. The fourth-order valence-electron chi connectivity index (χ4n) is 2.52. The topological polar surface area (TPSA) is 67.3 Å². The van der Waals surface area contributed by atoms with E-state index in [0.717, 1.165) is 76.1 Å². The Hall–Kier alpha value is -1.83. The van der Waals surface area contributed by atoms with Gasteiger partial charge in [-0.1, -0.05) is 12.1 Å². The minimum absolute atomic E-state index is 0.624. The minimum atomic E-state index is 0.624. The average molecular weight is 395 g/mol. The van der Waals surface area contributed by atoms with Crippen molar-refractivity contribution >= 4 is 5.96 Å². The number of hydrogen-bond acceptors (Lipinski definition) is 5. The molecule has 1 rings (SSSR count). The summed E-state index contributed by atoms with van der Waals surface area (Å²) < 4.78 is 15.7. The monoisotopic (exact) mass is 394 g/mol. The van der Waals surface area contributed by atoms with Crippen LogP contribution in [0.1, 0.15) is 25.3 Å². The molecular weight excluding hydrogens is 356 g/mol. The second-order valence-corrected chi connectivity index (χ2v) is 6.57. The van der Waals surface area contributed by atoms with Crippen LogP contribution in [-0.4, -0.2) is 78.1 Å². The third kappa shape index (κ3) is 11.8. The van der Waals surface area contributed by atoms with Crippen molar-refractivity contribution in [2.45, 2.75) is 26.3 Å². The maximum atomic E-state index is 5.40. The van der Waals surface area contributed by atoms with Gasteiger partial charge < -0.3 is 29.7 Å². The quantitative estimate of drug-likeness (QED) is 0.270. The molecule has 7 nitrogen and oxygen atoms in total. The number of likely N-dealkylation sites (N-methyl/N-ethyl adjacent to an activating group) is 1. The van der Waals surface area contributed by atoms with Crippen LogP contribution in [-0.2, 0) is 16.0 Å². The van der Waals surface area contributed by atoms with Crippen LogP contribution in [0.3, 0.4) is 0 Å². The molecule has 0 heterocycles. The van der Waals surface area contributed by atoms with Gasteiger partial charge in [0.15, 0.2) is 5.96 Å². The largest absolute Gasteiger partial charge is 0.497 e. The molecule has 0 aliphatic rings. The first-order valence-corrected chi connectivity index (χ1v) is 10.1. The molecule has 0 aromatic heterocycles.